The van der Waals surface area contributed by atoms with Gasteiger partial charge in [0.15, 0.2) is 12.3 Å². The zero-order chi connectivity index (χ0) is 16.8. The van der Waals surface area contributed by atoms with Crippen molar-refractivity contribution in [1.82, 2.24) is 14.9 Å². The first kappa shape index (κ1) is 16.6. The van der Waals surface area contributed by atoms with E-state index in [-0.39, 0.29) is 18.2 Å². The first-order valence-corrected chi connectivity index (χ1v) is 7.21. The Balaban J connectivity index is 1.87. The first-order valence-electron chi connectivity index (χ1n) is 7.21. The van der Waals surface area contributed by atoms with Crippen LogP contribution in [0, 0.1) is 13.8 Å². The molecule has 0 radical (unpaired) electrons. The molecule has 2 rings (SSSR count). The lowest BCUT2D eigenvalue weighted by molar-refractivity contribution is -0.133. The molecule has 6 heteroatoms. The van der Waals surface area contributed by atoms with Crippen LogP contribution < -0.4 is 0 Å². The van der Waals surface area contributed by atoms with Crippen molar-refractivity contribution in [1.29, 1.82) is 0 Å². The Morgan fingerprint density at radius 1 is 1.13 bits per heavy atom. The maximum Gasteiger partial charge on any atom is 0.359 e. The minimum absolute atomic E-state index is 0.0879. The van der Waals surface area contributed by atoms with Gasteiger partial charge in [0.1, 0.15) is 0 Å². The second-order valence-electron chi connectivity index (χ2n) is 5.30. The molecule has 0 aliphatic heterocycles. The summed E-state index contributed by atoms with van der Waals surface area (Å²) in [6.07, 6.45) is 2.81. The molecule has 0 unspecified atom stereocenters. The second-order valence-corrected chi connectivity index (χ2v) is 5.30. The fourth-order valence-electron chi connectivity index (χ4n) is 1.94. The normalized spacial score (nSPS) is 10.2. The lowest BCUT2D eigenvalue weighted by Gasteiger charge is -2.18. The second kappa shape index (κ2) is 7.49. The van der Waals surface area contributed by atoms with Gasteiger partial charge >= 0.3 is 5.97 Å². The Bertz CT molecular complexity index is 698. The number of esters is 1. The van der Waals surface area contributed by atoms with Crippen molar-refractivity contribution in [2.24, 2.45) is 0 Å². The molecule has 1 heterocycles. The Morgan fingerprint density at radius 2 is 1.87 bits per heavy atom. The number of carbonyl (C=O) groups is 2. The number of hydrogen-bond acceptors (Lipinski definition) is 5. The van der Waals surface area contributed by atoms with Gasteiger partial charge in [0.25, 0.3) is 5.91 Å². The van der Waals surface area contributed by atoms with E-state index in [4.69, 9.17) is 4.74 Å². The van der Waals surface area contributed by atoms with Crippen LogP contribution in [-0.4, -0.2) is 40.4 Å². The third-order valence-electron chi connectivity index (χ3n) is 3.41. The number of hydrogen-bond donors (Lipinski definition) is 0. The number of ether oxygens (including phenoxy) is 1. The third-order valence-corrected chi connectivity index (χ3v) is 3.41. The van der Waals surface area contributed by atoms with E-state index in [1.54, 1.807) is 14.0 Å². The number of amides is 1. The summed E-state index contributed by atoms with van der Waals surface area (Å²) in [5, 5.41) is 0. The van der Waals surface area contributed by atoms with E-state index >= 15 is 0 Å². The molecule has 0 atom stereocenters. The molecule has 0 bridgehead atoms. The molecule has 0 spiro atoms. The standard InChI is InChI=1S/C17H19N3O3/c1-12-6-4-5-7-14(12)10-20(3)16(21)11-23-17(22)15-9-18-13(2)8-19-15/h4-9H,10-11H2,1-3H3. The van der Waals surface area contributed by atoms with Gasteiger partial charge in [-0.05, 0) is 25.0 Å². The van der Waals surface area contributed by atoms with Crippen molar-refractivity contribution in [2.45, 2.75) is 20.4 Å². The minimum Gasteiger partial charge on any atom is -0.451 e. The number of aryl methyl sites for hydroxylation is 2. The average molecular weight is 313 g/mol. The Labute approximate surface area is 135 Å². The zero-order valence-electron chi connectivity index (χ0n) is 13.4. The predicted molar refractivity (Wildman–Crippen MR) is 84.7 cm³/mol. The minimum atomic E-state index is -0.657. The van der Waals surface area contributed by atoms with Gasteiger partial charge in [0.2, 0.25) is 0 Å². The molecule has 23 heavy (non-hydrogen) atoms. The van der Waals surface area contributed by atoms with Crippen LogP contribution in [0.4, 0.5) is 0 Å². The van der Waals surface area contributed by atoms with Crippen LogP contribution in [0.1, 0.15) is 27.3 Å². The molecule has 6 nitrogen and oxygen atoms in total. The Kier molecular flexibility index (Phi) is 5.41. The molecule has 2 aromatic rings. The molecule has 0 aliphatic rings. The third kappa shape index (κ3) is 4.60. The number of likely N-dealkylation sites (N-methyl/N-ethyl adjacent to an activating group) is 1. The van der Waals surface area contributed by atoms with Crippen LogP contribution in [0.5, 0.6) is 0 Å². The van der Waals surface area contributed by atoms with Crippen LogP contribution in [0.3, 0.4) is 0 Å². The van der Waals surface area contributed by atoms with Crippen molar-refractivity contribution < 1.29 is 14.3 Å². The van der Waals surface area contributed by atoms with Gasteiger partial charge in [-0.2, -0.15) is 0 Å². The fraction of sp³-hybridized carbons (Fsp3) is 0.294. The summed E-state index contributed by atoms with van der Waals surface area (Å²) in [7, 11) is 1.67. The summed E-state index contributed by atoms with van der Waals surface area (Å²) in [6, 6.07) is 7.83. The van der Waals surface area contributed by atoms with Crippen molar-refractivity contribution in [3.8, 4) is 0 Å². The summed E-state index contributed by atoms with van der Waals surface area (Å²) in [5.74, 6) is -0.934. The molecule has 0 fully saturated rings. The maximum atomic E-state index is 12.1. The average Bonchev–Trinajstić information content (AvgIpc) is 2.55. The molecular formula is C17H19N3O3. The number of rotatable bonds is 5. The van der Waals surface area contributed by atoms with E-state index in [1.165, 1.54) is 17.3 Å². The maximum absolute atomic E-state index is 12.1. The zero-order valence-corrected chi connectivity index (χ0v) is 13.4. The summed E-state index contributed by atoms with van der Waals surface area (Å²) in [5.41, 5.74) is 2.96. The van der Waals surface area contributed by atoms with Crippen LogP contribution in [0.25, 0.3) is 0 Å². The summed E-state index contributed by atoms with van der Waals surface area (Å²) in [6.45, 7) is 3.90. The van der Waals surface area contributed by atoms with E-state index in [0.29, 0.717) is 12.2 Å². The smallest absolute Gasteiger partial charge is 0.359 e. The molecule has 1 aromatic carbocycles. The van der Waals surface area contributed by atoms with Gasteiger partial charge in [-0.1, -0.05) is 24.3 Å². The highest BCUT2D eigenvalue weighted by molar-refractivity contribution is 5.89. The van der Waals surface area contributed by atoms with Gasteiger partial charge in [0, 0.05) is 19.8 Å². The van der Waals surface area contributed by atoms with Gasteiger partial charge in [-0.25, -0.2) is 9.78 Å². The quantitative estimate of drug-likeness (QED) is 0.788. The molecule has 0 aliphatic carbocycles. The fourth-order valence-corrected chi connectivity index (χ4v) is 1.94. The summed E-state index contributed by atoms with van der Waals surface area (Å²) >= 11 is 0. The van der Waals surface area contributed by atoms with Gasteiger partial charge in [-0.3, -0.25) is 9.78 Å². The highest BCUT2D eigenvalue weighted by Gasteiger charge is 2.15. The van der Waals surface area contributed by atoms with Crippen LogP contribution in [0.15, 0.2) is 36.7 Å². The molecule has 1 aromatic heterocycles. The van der Waals surface area contributed by atoms with Crippen LogP contribution in [0.2, 0.25) is 0 Å². The van der Waals surface area contributed by atoms with Crippen LogP contribution in [-0.2, 0) is 16.1 Å². The van der Waals surface area contributed by atoms with E-state index in [1.807, 2.05) is 31.2 Å². The Morgan fingerprint density at radius 3 is 2.52 bits per heavy atom. The molecule has 0 saturated heterocycles. The Hall–Kier alpha value is -2.76. The monoisotopic (exact) mass is 313 g/mol. The molecule has 0 N–H and O–H groups in total. The highest BCUT2D eigenvalue weighted by atomic mass is 16.5. The largest absolute Gasteiger partial charge is 0.451 e. The van der Waals surface area contributed by atoms with E-state index < -0.39 is 5.97 Å². The number of aromatic nitrogens is 2. The molecule has 1 amide bonds. The molecule has 0 saturated carbocycles. The van der Waals surface area contributed by atoms with E-state index in [0.717, 1.165) is 11.1 Å². The number of benzene rings is 1. The van der Waals surface area contributed by atoms with Crippen LogP contribution >= 0.6 is 0 Å². The molecule has 120 valence electrons. The van der Waals surface area contributed by atoms with Gasteiger partial charge in [0.05, 0.1) is 11.9 Å². The van der Waals surface area contributed by atoms with Crippen molar-refractivity contribution >= 4 is 11.9 Å². The SMILES string of the molecule is Cc1cnc(C(=O)OCC(=O)N(C)Cc2ccccc2C)cn1. The van der Waals surface area contributed by atoms with Crippen molar-refractivity contribution in [2.75, 3.05) is 13.7 Å². The lowest BCUT2D eigenvalue weighted by Crippen LogP contribution is -2.31. The van der Waals surface area contributed by atoms with E-state index in [2.05, 4.69) is 9.97 Å². The van der Waals surface area contributed by atoms with Crippen molar-refractivity contribution in [3.63, 3.8) is 0 Å². The summed E-state index contributed by atoms with van der Waals surface area (Å²) < 4.78 is 4.99. The van der Waals surface area contributed by atoms with E-state index in [9.17, 15) is 9.59 Å². The van der Waals surface area contributed by atoms with Gasteiger partial charge < -0.3 is 9.64 Å². The number of nitrogens with zero attached hydrogens (tertiary/aromatic N) is 3. The summed E-state index contributed by atoms with van der Waals surface area (Å²) in [4.78, 5) is 33.3. The highest BCUT2D eigenvalue weighted by Crippen LogP contribution is 2.09. The number of carbonyl (C=O) groups excluding carboxylic acids is 2. The van der Waals surface area contributed by atoms with Gasteiger partial charge in [-0.15, -0.1) is 0 Å². The molecular weight excluding hydrogens is 294 g/mol. The first-order chi connectivity index (χ1) is 11.0. The lowest BCUT2D eigenvalue weighted by atomic mass is 10.1. The van der Waals surface area contributed by atoms with Crippen molar-refractivity contribution in [3.05, 3.63) is 59.2 Å². The topological polar surface area (TPSA) is 72.4 Å². The predicted octanol–water partition coefficient (Wildman–Crippen LogP) is 1.91.